The Bertz CT molecular complexity index is 647. The first-order chi connectivity index (χ1) is 11.6. The number of amides is 2. The molecule has 0 aliphatic heterocycles. The molecule has 1 unspecified atom stereocenters. The van der Waals surface area contributed by atoms with Crippen molar-refractivity contribution in [1.29, 1.82) is 0 Å². The fourth-order valence-corrected chi connectivity index (χ4v) is 2.38. The third kappa shape index (κ3) is 6.08. The molecule has 0 fully saturated rings. The summed E-state index contributed by atoms with van der Waals surface area (Å²) < 4.78 is 0. The van der Waals surface area contributed by atoms with Crippen molar-refractivity contribution in [3.8, 4) is 0 Å². The molecule has 0 radical (unpaired) electrons. The van der Waals surface area contributed by atoms with Crippen molar-refractivity contribution in [2.45, 2.75) is 25.3 Å². The Morgan fingerprint density at radius 1 is 1.08 bits per heavy atom. The van der Waals surface area contributed by atoms with Crippen LogP contribution >= 0.6 is 0 Å². The van der Waals surface area contributed by atoms with Crippen LogP contribution in [0.5, 0.6) is 0 Å². The quantitative estimate of drug-likeness (QED) is 0.650. The third-order valence-electron chi connectivity index (χ3n) is 3.53. The van der Waals surface area contributed by atoms with Crippen molar-refractivity contribution >= 4 is 12.0 Å². The van der Waals surface area contributed by atoms with Gasteiger partial charge in [-0.1, -0.05) is 36.4 Å². The summed E-state index contributed by atoms with van der Waals surface area (Å²) in [6.45, 7) is 0.263. The number of hydrogen-bond donors (Lipinski definition) is 3. The van der Waals surface area contributed by atoms with E-state index in [-0.39, 0.29) is 24.9 Å². The number of benzene rings is 1. The lowest BCUT2D eigenvalue weighted by Crippen LogP contribution is -2.31. The standard InChI is InChI=1S/C18H21N3O3/c22-17(10-6-12-20-18(23)24)21-16(14-7-2-1-3-8-14)13-15-9-4-5-11-19-15/h1-5,7-9,11,16,20H,6,10,12-13H2,(H,21,22)(H,23,24). The second-order valence-electron chi connectivity index (χ2n) is 5.39. The molecular formula is C18H21N3O3. The molecule has 0 saturated carbocycles. The van der Waals surface area contributed by atoms with Gasteiger partial charge in [-0.25, -0.2) is 4.79 Å². The zero-order valence-electron chi connectivity index (χ0n) is 13.3. The molecule has 0 bridgehead atoms. The van der Waals surface area contributed by atoms with E-state index in [1.54, 1.807) is 6.20 Å². The summed E-state index contributed by atoms with van der Waals surface area (Å²) in [4.78, 5) is 26.9. The minimum absolute atomic E-state index is 0.105. The molecule has 3 N–H and O–H groups in total. The van der Waals surface area contributed by atoms with Crippen molar-refractivity contribution in [3.05, 3.63) is 66.0 Å². The Labute approximate surface area is 140 Å². The maximum Gasteiger partial charge on any atom is 0.404 e. The number of carboxylic acid groups (broad SMARTS) is 1. The fraction of sp³-hybridized carbons (Fsp3) is 0.278. The molecule has 1 aromatic carbocycles. The van der Waals surface area contributed by atoms with Crippen LogP contribution < -0.4 is 10.6 Å². The van der Waals surface area contributed by atoms with Crippen LogP contribution in [0.1, 0.15) is 30.1 Å². The summed E-state index contributed by atoms with van der Waals surface area (Å²) in [5.74, 6) is -0.105. The van der Waals surface area contributed by atoms with Gasteiger partial charge in [-0.3, -0.25) is 9.78 Å². The van der Waals surface area contributed by atoms with Gasteiger partial charge in [-0.2, -0.15) is 0 Å². The van der Waals surface area contributed by atoms with E-state index in [9.17, 15) is 9.59 Å². The summed E-state index contributed by atoms with van der Waals surface area (Å²) in [6.07, 6.45) is 1.99. The van der Waals surface area contributed by atoms with Gasteiger partial charge in [0.2, 0.25) is 5.91 Å². The minimum atomic E-state index is -1.08. The second-order valence-corrected chi connectivity index (χ2v) is 5.39. The van der Waals surface area contributed by atoms with Gasteiger partial charge >= 0.3 is 6.09 Å². The maximum absolute atomic E-state index is 12.2. The first-order valence-electron chi connectivity index (χ1n) is 7.86. The van der Waals surface area contributed by atoms with E-state index < -0.39 is 6.09 Å². The van der Waals surface area contributed by atoms with Crippen LogP contribution in [-0.2, 0) is 11.2 Å². The predicted molar refractivity (Wildman–Crippen MR) is 90.5 cm³/mol. The number of carbonyl (C=O) groups excluding carboxylic acids is 1. The molecule has 1 atom stereocenters. The van der Waals surface area contributed by atoms with Crippen molar-refractivity contribution in [2.24, 2.45) is 0 Å². The van der Waals surface area contributed by atoms with Crippen molar-refractivity contribution in [1.82, 2.24) is 15.6 Å². The first kappa shape index (κ1) is 17.5. The van der Waals surface area contributed by atoms with E-state index in [0.717, 1.165) is 11.3 Å². The molecule has 2 rings (SSSR count). The molecule has 0 aliphatic carbocycles. The lowest BCUT2D eigenvalue weighted by atomic mass is 10.0. The van der Waals surface area contributed by atoms with Crippen molar-refractivity contribution in [2.75, 3.05) is 6.54 Å². The molecule has 0 spiro atoms. The van der Waals surface area contributed by atoms with Crippen LogP contribution in [0, 0.1) is 0 Å². The van der Waals surface area contributed by atoms with Crippen LogP contribution in [0.2, 0.25) is 0 Å². The Hall–Kier alpha value is -2.89. The Balaban J connectivity index is 1.96. The number of hydrogen-bond acceptors (Lipinski definition) is 3. The zero-order chi connectivity index (χ0) is 17.2. The second kappa shape index (κ2) is 9.29. The van der Waals surface area contributed by atoms with E-state index in [4.69, 9.17) is 5.11 Å². The van der Waals surface area contributed by atoms with Crippen LogP contribution in [0.3, 0.4) is 0 Å². The summed E-state index contributed by atoms with van der Waals surface area (Å²) >= 11 is 0. The number of aromatic nitrogens is 1. The monoisotopic (exact) mass is 327 g/mol. The molecule has 0 aliphatic rings. The lowest BCUT2D eigenvalue weighted by molar-refractivity contribution is -0.121. The topological polar surface area (TPSA) is 91.3 Å². The summed E-state index contributed by atoms with van der Waals surface area (Å²) in [5, 5.41) is 13.8. The summed E-state index contributed by atoms with van der Waals surface area (Å²) in [6, 6.07) is 15.3. The molecule has 1 aromatic heterocycles. The van der Waals surface area contributed by atoms with Gasteiger partial charge in [0.05, 0.1) is 6.04 Å². The van der Waals surface area contributed by atoms with Gasteiger partial charge < -0.3 is 15.7 Å². The van der Waals surface area contributed by atoms with E-state index in [2.05, 4.69) is 15.6 Å². The maximum atomic E-state index is 12.2. The average Bonchev–Trinajstić information content (AvgIpc) is 2.60. The molecule has 24 heavy (non-hydrogen) atoms. The van der Waals surface area contributed by atoms with Crippen LogP contribution in [-0.4, -0.2) is 28.6 Å². The van der Waals surface area contributed by atoms with Gasteiger partial charge in [-0.05, 0) is 24.1 Å². The van der Waals surface area contributed by atoms with Crippen LogP contribution in [0.15, 0.2) is 54.7 Å². The number of nitrogens with one attached hydrogen (secondary N) is 2. The zero-order valence-corrected chi connectivity index (χ0v) is 13.3. The largest absolute Gasteiger partial charge is 0.465 e. The number of nitrogens with zero attached hydrogens (tertiary/aromatic N) is 1. The molecule has 126 valence electrons. The summed E-state index contributed by atoms with van der Waals surface area (Å²) in [5.41, 5.74) is 1.92. The van der Waals surface area contributed by atoms with Crippen LogP contribution in [0.4, 0.5) is 4.79 Å². The SMILES string of the molecule is O=C(O)NCCCC(=O)NC(Cc1ccccn1)c1ccccc1. The molecule has 2 amide bonds. The van der Waals surface area contributed by atoms with Gasteiger partial charge in [-0.15, -0.1) is 0 Å². The van der Waals surface area contributed by atoms with E-state index in [1.165, 1.54) is 0 Å². The Morgan fingerprint density at radius 2 is 1.83 bits per heavy atom. The van der Waals surface area contributed by atoms with E-state index in [1.807, 2.05) is 48.5 Å². The molecular weight excluding hydrogens is 306 g/mol. The normalized spacial score (nSPS) is 11.5. The highest BCUT2D eigenvalue weighted by Gasteiger charge is 2.15. The highest BCUT2D eigenvalue weighted by Crippen LogP contribution is 2.17. The van der Waals surface area contributed by atoms with E-state index >= 15 is 0 Å². The fourth-order valence-electron chi connectivity index (χ4n) is 2.38. The van der Waals surface area contributed by atoms with Crippen LogP contribution in [0.25, 0.3) is 0 Å². The van der Waals surface area contributed by atoms with Crippen molar-refractivity contribution < 1.29 is 14.7 Å². The van der Waals surface area contributed by atoms with Gasteiger partial charge in [0.1, 0.15) is 0 Å². The Kier molecular flexibility index (Phi) is 6.76. The molecule has 6 heteroatoms. The smallest absolute Gasteiger partial charge is 0.404 e. The van der Waals surface area contributed by atoms with Crippen molar-refractivity contribution in [3.63, 3.8) is 0 Å². The first-order valence-corrected chi connectivity index (χ1v) is 7.86. The minimum Gasteiger partial charge on any atom is -0.465 e. The molecule has 6 nitrogen and oxygen atoms in total. The lowest BCUT2D eigenvalue weighted by Gasteiger charge is -2.19. The Morgan fingerprint density at radius 3 is 2.50 bits per heavy atom. The molecule has 1 heterocycles. The third-order valence-corrected chi connectivity index (χ3v) is 3.53. The highest BCUT2D eigenvalue weighted by atomic mass is 16.4. The van der Waals surface area contributed by atoms with Gasteiger partial charge in [0.15, 0.2) is 0 Å². The predicted octanol–water partition coefficient (Wildman–Crippen LogP) is 2.53. The number of pyridine rings is 1. The van der Waals surface area contributed by atoms with Gasteiger partial charge in [0.25, 0.3) is 0 Å². The van der Waals surface area contributed by atoms with Gasteiger partial charge in [0, 0.05) is 31.3 Å². The summed E-state index contributed by atoms with van der Waals surface area (Å²) in [7, 11) is 0. The number of carbonyl (C=O) groups is 2. The molecule has 2 aromatic rings. The number of rotatable bonds is 8. The van der Waals surface area contributed by atoms with E-state index in [0.29, 0.717) is 12.8 Å². The average molecular weight is 327 g/mol. The highest BCUT2D eigenvalue weighted by molar-refractivity contribution is 5.76. The molecule has 0 saturated heterocycles.